The number of anilines is 1. The predicted molar refractivity (Wildman–Crippen MR) is 76.7 cm³/mol. The highest BCUT2D eigenvalue weighted by Gasteiger charge is 2.30. The number of carbonyl (C=O) groups is 2. The molecule has 0 saturated heterocycles. The van der Waals surface area contributed by atoms with Crippen LogP contribution >= 0.6 is 11.6 Å². The number of methoxy groups -OCH3 is 1. The normalized spacial score (nSPS) is 21.6. The van der Waals surface area contributed by atoms with Crippen molar-refractivity contribution in [3.63, 3.8) is 0 Å². The Morgan fingerprint density at radius 2 is 2.15 bits per heavy atom. The lowest BCUT2D eigenvalue weighted by molar-refractivity contribution is -0.120. The molecule has 0 bridgehead atoms. The van der Waals surface area contributed by atoms with Crippen LogP contribution in [0.4, 0.5) is 5.69 Å². The van der Waals surface area contributed by atoms with Crippen LogP contribution in [-0.2, 0) is 9.53 Å². The molecule has 1 aliphatic rings. The number of rotatable bonds is 3. The summed E-state index contributed by atoms with van der Waals surface area (Å²) in [5, 5.41) is 3.17. The van der Waals surface area contributed by atoms with Gasteiger partial charge in [0.1, 0.15) is 0 Å². The molecule has 2 atom stereocenters. The minimum Gasteiger partial charge on any atom is -0.465 e. The first-order valence-electron chi connectivity index (χ1n) is 6.47. The van der Waals surface area contributed by atoms with Crippen molar-refractivity contribution in [2.75, 3.05) is 12.4 Å². The van der Waals surface area contributed by atoms with Gasteiger partial charge >= 0.3 is 5.97 Å². The molecule has 1 fully saturated rings. The lowest BCUT2D eigenvalue weighted by Crippen LogP contribution is -2.34. The molecule has 1 amide bonds. The van der Waals surface area contributed by atoms with Crippen LogP contribution < -0.4 is 11.1 Å². The zero-order chi connectivity index (χ0) is 14.7. The molecular formula is C14H17ClN2O3. The predicted octanol–water partition coefficient (Wildman–Crippen LogP) is 2.19. The van der Waals surface area contributed by atoms with Gasteiger partial charge in [-0.25, -0.2) is 4.79 Å². The highest BCUT2D eigenvalue weighted by atomic mass is 35.5. The van der Waals surface area contributed by atoms with E-state index in [9.17, 15) is 9.59 Å². The number of benzene rings is 1. The van der Waals surface area contributed by atoms with Crippen molar-refractivity contribution in [2.45, 2.75) is 25.3 Å². The lowest BCUT2D eigenvalue weighted by Gasteiger charge is -2.16. The molecule has 1 aliphatic carbocycles. The van der Waals surface area contributed by atoms with Crippen LogP contribution in [-0.4, -0.2) is 25.0 Å². The van der Waals surface area contributed by atoms with Crippen molar-refractivity contribution in [1.82, 2.24) is 0 Å². The molecule has 6 heteroatoms. The summed E-state index contributed by atoms with van der Waals surface area (Å²) < 4.78 is 4.69. The third-order valence-electron chi connectivity index (χ3n) is 3.55. The third-order valence-corrected chi connectivity index (χ3v) is 3.79. The van der Waals surface area contributed by atoms with Gasteiger partial charge < -0.3 is 15.8 Å². The van der Waals surface area contributed by atoms with Crippen LogP contribution in [0.1, 0.15) is 29.6 Å². The highest BCUT2D eigenvalue weighted by molar-refractivity contribution is 6.31. The van der Waals surface area contributed by atoms with Gasteiger partial charge in [-0.05, 0) is 31.0 Å². The van der Waals surface area contributed by atoms with Gasteiger partial charge in [-0.2, -0.15) is 0 Å². The zero-order valence-corrected chi connectivity index (χ0v) is 11.9. The smallest absolute Gasteiger partial charge is 0.339 e. The first kappa shape index (κ1) is 14.8. The highest BCUT2D eigenvalue weighted by Crippen LogP contribution is 2.27. The number of amides is 1. The van der Waals surface area contributed by atoms with Crippen LogP contribution in [0.5, 0.6) is 0 Å². The number of nitrogens with two attached hydrogens (primary N) is 1. The molecule has 0 spiro atoms. The van der Waals surface area contributed by atoms with E-state index in [1.807, 2.05) is 0 Å². The largest absolute Gasteiger partial charge is 0.465 e. The summed E-state index contributed by atoms with van der Waals surface area (Å²) in [6, 6.07) is 4.51. The Bertz CT molecular complexity index is 533. The van der Waals surface area contributed by atoms with Crippen LogP contribution in [0.25, 0.3) is 0 Å². The van der Waals surface area contributed by atoms with E-state index in [1.165, 1.54) is 19.2 Å². The van der Waals surface area contributed by atoms with Crippen LogP contribution in [0.2, 0.25) is 5.02 Å². The van der Waals surface area contributed by atoms with Crippen molar-refractivity contribution in [3.8, 4) is 0 Å². The van der Waals surface area contributed by atoms with Crippen LogP contribution in [0, 0.1) is 5.92 Å². The zero-order valence-electron chi connectivity index (χ0n) is 11.2. The molecular weight excluding hydrogens is 280 g/mol. The molecule has 5 nitrogen and oxygen atoms in total. The Labute approximate surface area is 122 Å². The van der Waals surface area contributed by atoms with E-state index in [2.05, 4.69) is 10.1 Å². The summed E-state index contributed by atoms with van der Waals surface area (Å²) in [5.74, 6) is -0.922. The summed E-state index contributed by atoms with van der Waals surface area (Å²) >= 11 is 5.91. The molecule has 1 aromatic carbocycles. The number of nitrogens with one attached hydrogen (secondary N) is 1. The van der Waals surface area contributed by atoms with E-state index < -0.39 is 5.97 Å². The van der Waals surface area contributed by atoms with E-state index >= 15 is 0 Å². The summed E-state index contributed by atoms with van der Waals surface area (Å²) in [5.41, 5.74) is 6.54. The second-order valence-electron chi connectivity index (χ2n) is 4.87. The van der Waals surface area contributed by atoms with E-state index in [0.717, 1.165) is 19.3 Å². The Morgan fingerprint density at radius 1 is 1.40 bits per heavy atom. The van der Waals surface area contributed by atoms with E-state index in [-0.39, 0.29) is 23.4 Å². The minimum atomic E-state index is -0.521. The van der Waals surface area contributed by atoms with Gasteiger partial charge in [0.05, 0.1) is 24.3 Å². The fraction of sp³-hybridized carbons (Fsp3) is 0.429. The van der Waals surface area contributed by atoms with Crippen molar-refractivity contribution in [1.29, 1.82) is 0 Å². The van der Waals surface area contributed by atoms with Gasteiger partial charge in [-0.3, -0.25) is 4.79 Å². The molecule has 1 aromatic rings. The molecule has 0 aromatic heterocycles. The Morgan fingerprint density at radius 3 is 2.75 bits per heavy atom. The average molecular weight is 297 g/mol. The average Bonchev–Trinajstić information content (AvgIpc) is 2.84. The number of hydrogen-bond donors (Lipinski definition) is 2. The quantitative estimate of drug-likeness (QED) is 0.838. The summed E-state index contributed by atoms with van der Waals surface area (Å²) in [7, 11) is 1.29. The fourth-order valence-corrected chi connectivity index (χ4v) is 2.62. The molecule has 2 unspecified atom stereocenters. The SMILES string of the molecule is COC(=O)c1ccc(Cl)cc1NC(=O)C1CCCC1N. The van der Waals surface area contributed by atoms with Gasteiger partial charge in [-0.15, -0.1) is 0 Å². The van der Waals surface area contributed by atoms with Gasteiger partial charge in [0.2, 0.25) is 5.91 Å². The van der Waals surface area contributed by atoms with Gasteiger partial charge in [0, 0.05) is 11.1 Å². The number of esters is 1. The minimum absolute atomic E-state index is 0.129. The second-order valence-corrected chi connectivity index (χ2v) is 5.31. The maximum absolute atomic E-state index is 12.2. The van der Waals surface area contributed by atoms with E-state index in [1.54, 1.807) is 6.07 Å². The monoisotopic (exact) mass is 296 g/mol. The Balaban J connectivity index is 2.21. The van der Waals surface area contributed by atoms with Crippen LogP contribution in [0.3, 0.4) is 0 Å². The molecule has 1 saturated carbocycles. The van der Waals surface area contributed by atoms with Gasteiger partial charge in [0.25, 0.3) is 0 Å². The fourth-order valence-electron chi connectivity index (χ4n) is 2.45. The maximum atomic E-state index is 12.2. The van der Waals surface area contributed by atoms with Crippen LogP contribution in [0.15, 0.2) is 18.2 Å². The van der Waals surface area contributed by atoms with E-state index in [0.29, 0.717) is 10.7 Å². The Kier molecular flexibility index (Phi) is 4.62. The lowest BCUT2D eigenvalue weighted by atomic mass is 10.0. The number of hydrogen-bond acceptors (Lipinski definition) is 4. The molecule has 3 N–H and O–H groups in total. The van der Waals surface area contributed by atoms with Crippen molar-refractivity contribution >= 4 is 29.2 Å². The van der Waals surface area contributed by atoms with Crippen molar-refractivity contribution < 1.29 is 14.3 Å². The number of halogens is 1. The van der Waals surface area contributed by atoms with E-state index in [4.69, 9.17) is 17.3 Å². The molecule has 2 rings (SSSR count). The topological polar surface area (TPSA) is 81.4 Å². The molecule has 108 valence electrons. The van der Waals surface area contributed by atoms with Gasteiger partial charge in [0.15, 0.2) is 0 Å². The van der Waals surface area contributed by atoms with Crippen molar-refractivity contribution in [2.24, 2.45) is 11.7 Å². The summed E-state index contributed by atoms with van der Waals surface area (Å²) in [6.45, 7) is 0. The molecule has 0 radical (unpaired) electrons. The van der Waals surface area contributed by atoms with Crippen molar-refractivity contribution in [3.05, 3.63) is 28.8 Å². The molecule has 0 heterocycles. The Hall–Kier alpha value is -1.59. The first-order chi connectivity index (χ1) is 9.52. The molecule has 20 heavy (non-hydrogen) atoms. The number of ether oxygens (including phenoxy) is 1. The van der Waals surface area contributed by atoms with Gasteiger partial charge in [-0.1, -0.05) is 18.0 Å². The molecule has 0 aliphatic heterocycles. The third kappa shape index (κ3) is 3.11. The standard InChI is InChI=1S/C14H17ClN2O3/c1-20-14(19)10-6-5-8(15)7-12(10)17-13(18)9-3-2-4-11(9)16/h5-7,9,11H,2-4,16H2,1H3,(H,17,18). The number of carbonyl (C=O) groups excluding carboxylic acids is 2. The first-order valence-corrected chi connectivity index (χ1v) is 6.85. The maximum Gasteiger partial charge on any atom is 0.339 e. The second kappa shape index (κ2) is 6.24. The summed E-state index contributed by atoms with van der Waals surface area (Å²) in [4.78, 5) is 23.9. The summed E-state index contributed by atoms with van der Waals surface area (Å²) in [6.07, 6.45) is 2.55.